The van der Waals surface area contributed by atoms with Crippen LogP contribution in [0.4, 0.5) is 9.18 Å². The second-order valence-corrected chi connectivity index (χ2v) is 6.64. The van der Waals surface area contributed by atoms with Gasteiger partial charge in [-0.1, -0.05) is 12.1 Å². The van der Waals surface area contributed by atoms with E-state index in [1.807, 2.05) is 4.90 Å². The molecule has 0 spiro atoms. The maximum Gasteiger partial charge on any atom is 0.317 e. The number of urea groups is 1. The Morgan fingerprint density at radius 2 is 1.56 bits per heavy atom. The number of amides is 3. The van der Waals surface area contributed by atoms with Crippen molar-refractivity contribution in [2.24, 2.45) is 0 Å². The van der Waals surface area contributed by atoms with Gasteiger partial charge in [0.2, 0.25) is 5.91 Å². The van der Waals surface area contributed by atoms with Gasteiger partial charge >= 0.3 is 6.03 Å². The molecular weight excluding hydrogens is 323 g/mol. The molecule has 2 fully saturated rings. The number of benzene rings is 1. The van der Waals surface area contributed by atoms with Gasteiger partial charge in [-0.05, 0) is 30.5 Å². The van der Waals surface area contributed by atoms with Gasteiger partial charge in [-0.25, -0.2) is 9.18 Å². The maximum absolute atomic E-state index is 12.9. The first-order valence-corrected chi connectivity index (χ1v) is 8.89. The van der Waals surface area contributed by atoms with Crippen LogP contribution < -0.4 is 5.32 Å². The number of rotatable bonds is 4. The number of hydrogen-bond donors (Lipinski definition) is 1. The van der Waals surface area contributed by atoms with Crippen LogP contribution in [0.25, 0.3) is 0 Å². The highest BCUT2D eigenvalue weighted by Gasteiger charge is 2.25. The average molecular weight is 348 g/mol. The second kappa shape index (κ2) is 8.29. The lowest BCUT2D eigenvalue weighted by atomic mass is 10.2. The van der Waals surface area contributed by atoms with E-state index in [0.717, 1.165) is 31.5 Å². The molecule has 136 valence electrons. The highest BCUT2D eigenvalue weighted by molar-refractivity contribution is 5.78. The van der Waals surface area contributed by atoms with Gasteiger partial charge in [-0.3, -0.25) is 9.69 Å². The van der Waals surface area contributed by atoms with Crippen LogP contribution in [0.3, 0.4) is 0 Å². The molecular formula is C18H25FN4O2. The van der Waals surface area contributed by atoms with E-state index in [1.165, 1.54) is 12.1 Å². The van der Waals surface area contributed by atoms with Crippen LogP contribution in [0.2, 0.25) is 0 Å². The van der Waals surface area contributed by atoms with Crippen molar-refractivity contribution in [2.45, 2.75) is 19.4 Å². The Balaban J connectivity index is 1.38. The first kappa shape index (κ1) is 17.7. The highest BCUT2D eigenvalue weighted by Crippen LogP contribution is 2.09. The molecule has 1 N–H and O–H groups in total. The molecule has 0 bridgehead atoms. The average Bonchev–Trinajstić information content (AvgIpc) is 3.16. The molecule has 2 heterocycles. The summed E-state index contributed by atoms with van der Waals surface area (Å²) in [6.45, 7) is 5.24. The predicted molar refractivity (Wildman–Crippen MR) is 92.5 cm³/mol. The lowest BCUT2D eigenvalue weighted by Crippen LogP contribution is -2.53. The maximum atomic E-state index is 12.9. The molecule has 0 aliphatic carbocycles. The topological polar surface area (TPSA) is 55.9 Å². The van der Waals surface area contributed by atoms with Gasteiger partial charge in [0.25, 0.3) is 0 Å². The van der Waals surface area contributed by atoms with Crippen molar-refractivity contribution in [2.75, 3.05) is 45.8 Å². The molecule has 0 radical (unpaired) electrons. The standard InChI is InChI=1S/C18H25FN4O2/c19-16-5-3-15(4-6-16)13-20-18(25)23-11-9-21(10-12-23)14-17(24)22-7-1-2-8-22/h3-6H,1-2,7-14H2,(H,20,25). The number of likely N-dealkylation sites (tertiary alicyclic amines) is 1. The van der Waals surface area contributed by atoms with E-state index in [2.05, 4.69) is 10.2 Å². The number of nitrogens with zero attached hydrogens (tertiary/aromatic N) is 3. The van der Waals surface area contributed by atoms with Crippen molar-refractivity contribution in [3.63, 3.8) is 0 Å². The molecule has 2 aliphatic heterocycles. The largest absolute Gasteiger partial charge is 0.342 e. The molecule has 6 nitrogen and oxygen atoms in total. The third-order valence-electron chi connectivity index (χ3n) is 4.83. The van der Waals surface area contributed by atoms with Crippen molar-refractivity contribution in [3.8, 4) is 0 Å². The molecule has 7 heteroatoms. The Labute approximate surface area is 147 Å². The Bertz CT molecular complexity index is 594. The minimum atomic E-state index is -0.283. The van der Waals surface area contributed by atoms with Crippen molar-refractivity contribution >= 4 is 11.9 Å². The summed E-state index contributed by atoms with van der Waals surface area (Å²) in [7, 11) is 0. The summed E-state index contributed by atoms with van der Waals surface area (Å²) in [5.74, 6) is -0.0820. The fraction of sp³-hybridized carbons (Fsp3) is 0.556. The summed E-state index contributed by atoms with van der Waals surface area (Å²) in [5, 5.41) is 2.86. The minimum absolute atomic E-state index is 0.116. The normalized spacial score (nSPS) is 18.4. The van der Waals surface area contributed by atoms with Gasteiger partial charge in [0.05, 0.1) is 6.54 Å². The van der Waals surface area contributed by atoms with Crippen molar-refractivity contribution < 1.29 is 14.0 Å². The molecule has 0 atom stereocenters. The Hall–Kier alpha value is -2.15. The fourth-order valence-corrected chi connectivity index (χ4v) is 3.26. The second-order valence-electron chi connectivity index (χ2n) is 6.64. The molecule has 0 unspecified atom stereocenters. The summed E-state index contributed by atoms with van der Waals surface area (Å²) >= 11 is 0. The van der Waals surface area contributed by atoms with Crippen molar-refractivity contribution in [1.82, 2.24) is 20.0 Å². The summed E-state index contributed by atoms with van der Waals surface area (Å²) in [4.78, 5) is 30.2. The van der Waals surface area contributed by atoms with Crippen LogP contribution >= 0.6 is 0 Å². The van der Waals surface area contributed by atoms with E-state index >= 15 is 0 Å². The molecule has 1 aromatic rings. The number of piperazine rings is 1. The van der Waals surface area contributed by atoms with Gasteiger partial charge in [-0.15, -0.1) is 0 Å². The van der Waals surface area contributed by atoms with Crippen molar-refractivity contribution in [3.05, 3.63) is 35.6 Å². The fourth-order valence-electron chi connectivity index (χ4n) is 3.26. The number of carbonyl (C=O) groups is 2. The SMILES string of the molecule is O=C(CN1CCN(C(=O)NCc2ccc(F)cc2)CC1)N1CCCC1. The van der Waals surface area contributed by atoms with E-state index in [1.54, 1.807) is 17.0 Å². The summed E-state index contributed by atoms with van der Waals surface area (Å²) < 4.78 is 12.9. The summed E-state index contributed by atoms with van der Waals surface area (Å²) in [6.07, 6.45) is 2.21. The number of hydrogen-bond acceptors (Lipinski definition) is 3. The Kier molecular flexibility index (Phi) is 5.86. The van der Waals surface area contributed by atoms with Crippen LogP contribution in [0.15, 0.2) is 24.3 Å². The van der Waals surface area contributed by atoms with E-state index in [4.69, 9.17) is 0 Å². The molecule has 2 aliphatic rings. The Morgan fingerprint density at radius 3 is 2.20 bits per heavy atom. The van der Waals surface area contributed by atoms with Gasteiger partial charge in [0.15, 0.2) is 0 Å². The van der Waals surface area contributed by atoms with Crippen LogP contribution in [-0.2, 0) is 11.3 Å². The number of carbonyl (C=O) groups excluding carboxylic acids is 2. The highest BCUT2D eigenvalue weighted by atomic mass is 19.1. The minimum Gasteiger partial charge on any atom is -0.342 e. The summed E-state index contributed by atoms with van der Waals surface area (Å²) in [6, 6.07) is 5.99. The van der Waals surface area contributed by atoms with Crippen LogP contribution in [0, 0.1) is 5.82 Å². The third-order valence-corrected chi connectivity index (χ3v) is 4.83. The number of halogens is 1. The van der Waals surface area contributed by atoms with E-state index < -0.39 is 0 Å². The molecule has 2 saturated heterocycles. The lowest BCUT2D eigenvalue weighted by molar-refractivity contribution is -0.131. The zero-order chi connectivity index (χ0) is 17.6. The smallest absolute Gasteiger partial charge is 0.317 e. The first-order chi connectivity index (χ1) is 12.1. The van der Waals surface area contributed by atoms with Crippen LogP contribution in [0.5, 0.6) is 0 Å². The van der Waals surface area contributed by atoms with Crippen molar-refractivity contribution in [1.29, 1.82) is 0 Å². The lowest BCUT2D eigenvalue weighted by Gasteiger charge is -2.35. The number of nitrogens with one attached hydrogen (secondary N) is 1. The van der Waals surface area contributed by atoms with Crippen LogP contribution in [-0.4, -0.2) is 72.5 Å². The molecule has 25 heavy (non-hydrogen) atoms. The van der Waals surface area contributed by atoms with Crippen LogP contribution in [0.1, 0.15) is 18.4 Å². The predicted octanol–water partition coefficient (Wildman–Crippen LogP) is 1.28. The van der Waals surface area contributed by atoms with E-state index in [0.29, 0.717) is 39.3 Å². The van der Waals surface area contributed by atoms with Gasteiger partial charge in [0, 0.05) is 45.8 Å². The monoisotopic (exact) mass is 348 g/mol. The zero-order valence-electron chi connectivity index (χ0n) is 14.4. The first-order valence-electron chi connectivity index (χ1n) is 8.89. The Morgan fingerprint density at radius 1 is 0.920 bits per heavy atom. The van der Waals surface area contributed by atoms with Gasteiger partial charge in [0.1, 0.15) is 5.82 Å². The molecule has 0 saturated carbocycles. The van der Waals surface area contributed by atoms with Gasteiger partial charge in [-0.2, -0.15) is 0 Å². The molecule has 3 rings (SSSR count). The van der Waals surface area contributed by atoms with Gasteiger partial charge < -0.3 is 15.1 Å². The molecule has 3 amide bonds. The van der Waals surface area contributed by atoms with E-state index in [-0.39, 0.29) is 17.8 Å². The third kappa shape index (κ3) is 4.92. The van der Waals surface area contributed by atoms with E-state index in [9.17, 15) is 14.0 Å². The zero-order valence-corrected chi connectivity index (χ0v) is 14.4. The molecule has 0 aromatic heterocycles. The molecule has 1 aromatic carbocycles. The quantitative estimate of drug-likeness (QED) is 0.892. The summed E-state index contributed by atoms with van der Waals surface area (Å²) in [5.41, 5.74) is 0.865.